The van der Waals surface area contributed by atoms with Gasteiger partial charge in [0.1, 0.15) is 28.4 Å². The molecule has 2 unspecified atom stereocenters. The first-order valence-corrected chi connectivity index (χ1v) is 13.6. The molecule has 1 aliphatic rings. The molecule has 0 saturated carbocycles. The highest BCUT2D eigenvalue weighted by atomic mass is 19.4. The maximum atomic E-state index is 14.8. The van der Waals surface area contributed by atoms with Crippen molar-refractivity contribution < 1.29 is 31.8 Å². The Kier molecular flexibility index (Phi) is 7.73. The summed E-state index contributed by atoms with van der Waals surface area (Å²) < 4.78 is 71.3. The Morgan fingerprint density at radius 2 is 1.88 bits per heavy atom. The fourth-order valence-corrected chi connectivity index (χ4v) is 5.04. The van der Waals surface area contributed by atoms with Gasteiger partial charge in [-0.05, 0) is 65.8 Å². The van der Waals surface area contributed by atoms with Gasteiger partial charge in [0.25, 0.3) is 0 Å². The minimum atomic E-state index is -4.82. The first-order chi connectivity index (χ1) is 19.7. The van der Waals surface area contributed by atoms with E-state index in [1.165, 1.54) is 34.9 Å². The van der Waals surface area contributed by atoms with Crippen molar-refractivity contribution in [2.75, 3.05) is 13.1 Å². The average molecular weight is 589 g/mol. The van der Waals surface area contributed by atoms with Crippen LogP contribution < -0.4 is 10.1 Å². The van der Waals surface area contributed by atoms with Crippen LogP contribution in [0.4, 0.5) is 22.4 Å². The fraction of sp³-hybridized carbons (Fsp3) is 0.448. The molecule has 224 valence electrons. The highest BCUT2D eigenvalue weighted by molar-refractivity contribution is 5.86. The quantitative estimate of drug-likeness (QED) is 0.273. The molecule has 0 radical (unpaired) electrons. The fourth-order valence-electron chi connectivity index (χ4n) is 5.04. The third-order valence-corrected chi connectivity index (χ3v) is 6.68. The first kappa shape index (κ1) is 29.5. The normalized spacial score (nSPS) is 16.8. The lowest BCUT2D eigenvalue weighted by Gasteiger charge is -2.38. The Labute approximate surface area is 239 Å². The van der Waals surface area contributed by atoms with E-state index in [9.17, 15) is 22.4 Å². The molecule has 42 heavy (non-hydrogen) atoms. The predicted molar refractivity (Wildman–Crippen MR) is 148 cm³/mol. The third-order valence-electron chi connectivity index (χ3n) is 6.68. The molecular weight excluding hydrogens is 556 g/mol. The van der Waals surface area contributed by atoms with Gasteiger partial charge in [-0.1, -0.05) is 12.1 Å². The number of hydrogen-bond donors (Lipinski definition) is 1. The molecule has 4 aromatic rings. The number of pyridine rings is 2. The van der Waals surface area contributed by atoms with Gasteiger partial charge in [0, 0.05) is 35.8 Å². The molecule has 1 saturated heterocycles. The minimum Gasteiger partial charge on any atom is -0.489 e. The van der Waals surface area contributed by atoms with Crippen molar-refractivity contribution in [1.82, 2.24) is 29.8 Å². The van der Waals surface area contributed by atoms with Crippen molar-refractivity contribution in [3.05, 3.63) is 54.0 Å². The summed E-state index contributed by atoms with van der Waals surface area (Å²) in [5.74, 6) is -0.0945. The zero-order valence-electron chi connectivity index (χ0n) is 23.9. The molecule has 3 aromatic heterocycles. The van der Waals surface area contributed by atoms with Crippen LogP contribution in [-0.2, 0) is 4.74 Å². The van der Waals surface area contributed by atoms with E-state index in [1.807, 2.05) is 0 Å². The standard InChI is InChI=1S/C29H32F4N6O3/c1-16(2)41-22-13-19(30)12-17-6-8-21(35-24(17)22)26-37-36-23-9-7-18(15-38(23)26)25(29(31,32)33)39(20-10-11-34-14-20)27(40)42-28(3,4)5/h6-9,12-13,15-16,20,25,34H,10-11,14H2,1-5H3. The number of halogens is 4. The number of ether oxygens (including phenoxy) is 2. The highest BCUT2D eigenvalue weighted by Crippen LogP contribution is 2.41. The number of rotatable bonds is 6. The van der Waals surface area contributed by atoms with Gasteiger partial charge in [0.05, 0.1) is 6.10 Å². The van der Waals surface area contributed by atoms with Gasteiger partial charge in [0.15, 0.2) is 17.5 Å². The largest absolute Gasteiger partial charge is 0.489 e. The number of carbonyl (C=O) groups is 1. The van der Waals surface area contributed by atoms with Gasteiger partial charge < -0.3 is 14.8 Å². The van der Waals surface area contributed by atoms with Crippen LogP contribution in [0.25, 0.3) is 28.1 Å². The summed E-state index contributed by atoms with van der Waals surface area (Å²) in [4.78, 5) is 18.7. The maximum absolute atomic E-state index is 14.8. The molecule has 1 amide bonds. The molecule has 1 fully saturated rings. The van der Waals surface area contributed by atoms with Crippen molar-refractivity contribution in [3.8, 4) is 17.3 Å². The number of nitrogens with zero attached hydrogens (tertiary/aromatic N) is 5. The number of carbonyl (C=O) groups excluding carboxylic acids is 1. The monoisotopic (exact) mass is 588 g/mol. The van der Waals surface area contributed by atoms with Crippen LogP contribution in [0.15, 0.2) is 42.6 Å². The van der Waals surface area contributed by atoms with Crippen LogP contribution in [0, 0.1) is 5.82 Å². The van der Waals surface area contributed by atoms with Gasteiger partial charge in [-0.3, -0.25) is 9.30 Å². The summed E-state index contributed by atoms with van der Waals surface area (Å²) in [5, 5.41) is 11.8. The lowest BCUT2D eigenvalue weighted by molar-refractivity contribution is -0.188. The topological polar surface area (TPSA) is 93.9 Å². The summed E-state index contributed by atoms with van der Waals surface area (Å²) in [6.45, 7) is 9.10. The van der Waals surface area contributed by atoms with Gasteiger partial charge >= 0.3 is 12.3 Å². The molecule has 9 nitrogen and oxygen atoms in total. The molecule has 5 rings (SSSR count). The van der Waals surface area contributed by atoms with Crippen LogP contribution in [0.2, 0.25) is 0 Å². The SMILES string of the molecule is CC(C)Oc1cc(F)cc2ccc(-c3nnc4ccc(C(N(C(=O)OC(C)(C)C)C5CCNC5)C(F)(F)F)cn34)nc12. The van der Waals surface area contributed by atoms with E-state index in [1.54, 1.807) is 46.8 Å². The predicted octanol–water partition coefficient (Wildman–Crippen LogP) is 6.07. The number of nitrogens with one attached hydrogen (secondary N) is 1. The Morgan fingerprint density at radius 1 is 1.12 bits per heavy atom. The van der Waals surface area contributed by atoms with Gasteiger partial charge in [-0.25, -0.2) is 14.2 Å². The van der Waals surface area contributed by atoms with E-state index in [-0.39, 0.29) is 35.4 Å². The Balaban J connectivity index is 1.63. The summed E-state index contributed by atoms with van der Waals surface area (Å²) in [6, 6.07) is 5.44. The molecule has 0 spiro atoms. The molecule has 0 bridgehead atoms. The van der Waals surface area contributed by atoms with Crippen LogP contribution in [0.1, 0.15) is 52.6 Å². The number of fused-ring (bicyclic) bond motifs is 2. The van der Waals surface area contributed by atoms with E-state index in [0.717, 1.165) is 4.90 Å². The van der Waals surface area contributed by atoms with Crippen LogP contribution in [0.5, 0.6) is 5.75 Å². The lowest BCUT2D eigenvalue weighted by atomic mass is 10.0. The van der Waals surface area contributed by atoms with E-state index >= 15 is 0 Å². The second-order valence-electron chi connectivity index (χ2n) is 11.5. The summed E-state index contributed by atoms with van der Waals surface area (Å²) in [6.07, 6.45) is -4.52. The first-order valence-electron chi connectivity index (χ1n) is 13.6. The van der Waals surface area contributed by atoms with E-state index in [4.69, 9.17) is 9.47 Å². The highest BCUT2D eigenvalue weighted by Gasteiger charge is 2.50. The molecule has 13 heteroatoms. The molecule has 4 heterocycles. The maximum Gasteiger partial charge on any atom is 0.413 e. The molecule has 0 aliphatic carbocycles. The van der Waals surface area contributed by atoms with Crippen LogP contribution >= 0.6 is 0 Å². The molecule has 1 aliphatic heterocycles. The number of amides is 1. The Morgan fingerprint density at radius 3 is 2.52 bits per heavy atom. The van der Waals surface area contributed by atoms with Crippen LogP contribution in [0.3, 0.4) is 0 Å². The van der Waals surface area contributed by atoms with Crippen molar-refractivity contribution in [3.63, 3.8) is 0 Å². The molecule has 2 atom stereocenters. The lowest BCUT2D eigenvalue weighted by Crippen LogP contribution is -2.50. The zero-order valence-corrected chi connectivity index (χ0v) is 23.9. The number of aromatic nitrogens is 4. The van der Waals surface area contributed by atoms with Crippen molar-refractivity contribution in [2.45, 2.75) is 71.0 Å². The molecular formula is C29H32F4N6O3. The van der Waals surface area contributed by atoms with Gasteiger partial charge in [-0.15, -0.1) is 10.2 Å². The summed E-state index contributed by atoms with van der Waals surface area (Å²) in [5.41, 5.74) is -0.249. The van der Waals surface area contributed by atoms with Crippen LogP contribution in [-0.4, -0.2) is 67.6 Å². The van der Waals surface area contributed by atoms with Crippen molar-refractivity contribution >= 4 is 22.6 Å². The third kappa shape index (κ3) is 6.10. The molecule has 1 N–H and O–H groups in total. The van der Waals surface area contributed by atoms with Gasteiger partial charge in [-0.2, -0.15) is 13.2 Å². The number of alkyl halides is 3. The minimum absolute atomic E-state index is 0.167. The van der Waals surface area contributed by atoms with Gasteiger partial charge in [0.2, 0.25) is 0 Å². The Hall–Kier alpha value is -4.00. The molecule has 1 aromatic carbocycles. The van der Waals surface area contributed by atoms with Crippen molar-refractivity contribution in [1.29, 1.82) is 0 Å². The number of hydrogen-bond acceptors (Lipinski definition) is 7. The Bertz CT molecular complexity index is 1610. The van der Waals surface area contributed by atoms with E-state index in [2.05, 4.69) is 20.5 Å². The second kappa shape index (κ2) is 11.0. The number of benzene rings is 1. The van der Waals surface area contributed by atoms with E-state index < -0.39 is 35.8 Å². The summed E-state index contributed by atoms with van der Waals surface area (Å²) >= 11 is 0. The van der Waals surface area contributed by atoms with E-state index in [0.29, 0.717) is 29.6 Å². The second-order valence-corrected chi connectivity index (χ2v) is 11.5. The zero-order chi connectivity index (χ0) is 30.4. The summed E-state index contributed by atoms with van der Waals surface area (Å²) in [7, 11) is 0. The van der Waals surface area contributed by atoms with Crippen molar-refractivity contribution in [2.24, 2.45) is 0 Å². The smallest absolute Gasteiger partial charge is 0.413 e. The average Bonchev–Trinajstić information content (AvgIpc) is 3.54.